The molecule has 0 saturated heterocycles. The minimum atomic E-state index is -0.173. The predicted octanol–water partition coefficient (Wildman–Crippen LogP) is 2.37. The van der Waals surface area contributed by atoms with Gasteiger partial charge in [-0.15, -0.1) is 0 Å². The fourth-order valence-electron chi connectivity index (χ4n) is 1.67. The molecule has 21 heavy (non-hydrogen) atoms. The Balaban J connectivity index is 2.52. The minimum Gasteiger partial charge on any atom is -0.495 e. The number of methoxy groups -OCH3 is 1. The molecule has 0 saturated carbocycles. The zero-order chi connectivity index (χ0) is 15.7. The first-order chi connectivity index (χ1) is 9.96. The van der Waals surface area contributed by atoms with E-state index in [-0.39, 0.29) is 12.2 Å². The Labute approximate surface area is 127 Å². The Morgan fingerprint density at radius 2 is 1.95 bits per heavy atom. The van der Waals surface area contributed by atoms with Crippen LogP contribution < -0.4 is 4.74 Å². The van der Waals surface area contributed by atoms with Crippen molar-refractivity contribution in [2.75, 3.05) is 26.9 Å². The predicted molar refractivity (Wildman–Crippen MR) is 82.3 cm³/mol. The van der Waals surface area contributed by atoms with Crippen LogP contribution in [0.25, 0.3) is 0 Å². The van der Waals surface area contributed by atoms with E-state index in [2.05, 4.69) is 11.8 Å². The van der Waals surface area contributed by atoms with Gasteiger partial charge >= 0.3 is 0 Å². The maximum absolute atomic E-state index is 8.77. The molecule has 0 bridgehead atoms. The molecule has 4 nitrogen and oxygen atoms in total. The van der Waals surface area contributed by atoms with E-state index in [0.717, 1.165) is 11.1 Å². The number of hydrogen-bond acceptors (Lipinski definition) is 4. The van der Waals surface area contributed by atoms with Crippen molar-refractivity contribution < 1.29 is 19.3 Å². The molecule has 0 aromatic heterocycles. The van der Waals surface area contributed by atoms with Crippen molar-refractivity contribution in [2.45, 2.75) is 33.0 Å². The first kappa shape index (κ1) is 17.5. The lowest BCUT2D eigenvalue weighted by molar-refractivity contribution is -0.0376. The molecule has 0 aliphatic carbocycles. The Bertz CT molecular complexity index is 492. The number of ether oxygens (including phenoxy) is 3. The lowest BCUT2D eigenvalue weighted by Gasteiger charge is -2.19. The lowest BCUT2D eigenvalue weighted by Crippen LogP contribution is -2.21. The third-order valence-electron chi connectivity index (χ3n) is 2.60. The molecule has 0 aliphatic rings. The summed E-state index contributed by atoms with van der Waals surface area (Å²) in [7, 11) is 1.60. The van der Waals surface area contributed by atoms with Gasteiger partial charge < -0.3 is 19.3 Å². The topological polar surface area (TPSA) is 47.9 Å². The minimum absolute atomic E-state index is 0.142. The molecular formula is C17H24O4. The molecule has 1 rings (SSSR count). The van der Waals surface area contributed by atoms with Crippen molar-refractivity contribution in [1.29, 1.82) is 0 Å². The highest BCUT2D eigenvalue weighted by molar-refractivity contribution is 5.48. The number of aliphatic hydroxyl groups excluding tert-OH is 1. The van der Waals surface area contributed by atoms with Gasteiger partial charge in [0.05, 0.1) is 38.1 Å². The molecule has 0 heterocycles. The molecule has 0 fully saturated rings. The first-order valence-electron chi connectivity index (χ1n) is 6.94. The van der Waals surface area contributed by atoms with E-state index < -0.39 is 0 Å². The van der Waals surface area contributed by atoms with Crippen molar-refractivity contribution in [3.05, 3.63) is 29.3 Å². The van der Waals surface area contributed by atoms with Gasteiger partial charge in [-0.3, -0.25) is 0 Å². The average molecular weight is 292 g/mol. The van der Waals surface area contributed by atoms with Gasteiger partial charge in [-0.1, -0.05) is 17.9 Å². The zero-order valence-electron chi connectivity index (χ0n) is 13.2. The highest BCUT2D eigenvalue weighted by atomic mass is 16.5. The lowest BCUT2D eigenvalue weighted by atomic mass is 10.1. The number of aliphatic hydroxyl groups is 1. The summed E-state index contributed by atoms with van der Waals surface area (Å²) in [5, 5.41) is 8.77. The van der Waals surface area contributed by atoms with Crippen LogP contribution >= 0.6 is 0 Å². The van der Waals surface area contributed by atoms with E-state index in [9.17, 15) is 0 Å². The summed E-state index contributed by atoms with van der Waals surface area (Å²) in [6.45, 7) is 7.48. The quantitative estimate of drug-likeness (QED) is 0.646. The van der Waals surface area contributed by atoms with Crippen LogP contribution in [-0.4, -0.2) is 37.6 Å². The van der Waals surface area contributed by atoms with E-state index in [4.69, 9.17) is 19.3 Å². The van der Waals surface area contributed by atoms with Crippen molar-refractivity contribution in [3.63, 3.8) is 0 Å². The van der Waals surface area contributed by atoms with E-state index in [0.29, 0.717) is 25.6 Å². The van der Waals surface area contributed by atoms with Gasteiger partial charge in [0, 0.05) is 0 Å². The number of benzene rings is 1. The maximum atomic E-state index is 8.77. The molecule has 0 atom stereocenters. The van der Waals surface area contributed by atoms with Crippen molar-refractivity contribution in [2.24, 2.45) is 0 Å². The summed E-state index contributed by atoms with van der Waals surface area (Å²) in [6, 6.07) is 5.70. The second-order valence-electron chi connectivity index (χ2n) is 5.51. The third kappa shape index (κ3) is 7.14. The standard InChI is InChI=1S/C17H24O4/c1-17(2,3)21-11-10-20-13-14-7-8-16(19-4)15(12-14)6-5-9-18/h7-8,12,18H,9-11,13H2,1-4H3. The molecule has 1 aromatic carbocycles. The second kappa shape index (κ2) is 8.68. The summed E-state index contributed by atoms with van der Waals surface area (Å²) in [4.78, 5) is 0. The molecule has 1 aromatic rings. The third-order valence-corrected chi connectivity index (χ3v) is 2.60. The Kier molecular flexibility index (Phi) is 7.24. The maximum Gasteiger partial charge on any atom is 0.134 e. The average Bonchev–Trinajstić information content (AvgIpc) is 2.43. The smallest absolute Gasteiger partial charge is 0.134 e. The summed E-state index contributed by atoms with van der Waals surface area (Å²) < 4.78 is 16.4. The van der Waals surface area contributed by atoms with Crippen LogP contribution in [0.3, 0.4) is 0 Å². The normalized spacial score (nSPS) is 10.9. The SMILES string of the molecule is COc1ccc(COCCOC(C)(C)C)cc1C#CCO. The highest BCUT2D eigenvalue weighted by Crippen LogP contribution is 2.19. The molecule has 0 unspecified atom stereocenters. The van der Waals surface area contributed by atoms with E-state index in [1.807, 2.05) is 39.0 Å². The van der Waals surface area contributed by atoms with Crippen molar-refractivity contribution in [1.82, 2.24) is 0 Å². The zero-order valence-corrected chi connectivity index (χ0v) is 13.2. The van der Waals surface area contributed by atoms with E-state index in [1.54, 1.807) is 7.11 Å². The number of rotatable bonds is 6. The second-order valence-corrected chi connectivity index (χ2v) is 5.51. The Morgan fingerprint density at radius 1 is 1.19 bits per heavy atom. The van der Waals surface area contributed by atoms with Crippen molar-refractivity contribution in [3.8, 4) is 17.6 Å². The van der Waals surface area contributed by atoms with Crippen LogP contribution in [0.5, 0.6) is 5.75 Å². The molecule has 0 spiro atoms. The van der Waals surface area contributed by atoms with Gasteiger partial charge in [0.15, 0.2) is 0 Å². The van der Waals surface area contributed by atoms with Gasteiger partial charge in [-0.25, -0.2) is 0 Å². The molecule has 1 N–H and O–H groups in total. The van der Waals surface area contributed by atoms with E-state index in [1.165, 1.54) is 0 Å². The molecule has 116 valence electrons. The Hall–Kier alpha value is -1.54. The van der Waals surface area contributed by atoms with Crippen LogP contribution in [0.1, 0.15) is 31.9 Å². The molecular weight excluding hydrogens is 268 g/mol. The summed E-state index contributed by atoms with van der Waals surface area (Å²) in [6.07, 6.45) is 0. The largest absolute Gasteiger partial charge is 0.495 e. The van der Waals surface area contributed by atoms with Crippen LogP contribution in [-0.2, 0) is 16.1 Å². The van der Waals surface area contributed by atoms with Crippen LogP contribution in [0.4, 0.5) is 0 Å². The van der Waals surface area contributed by atoms with Gasteiger partial charge in [-0.05, 0) is 38.5 Å². The molecule has 4 heteroatoms. The Morgan fingerprint density at radius 3 is 2.57 bits per heavy atom. The monoisotopic (exact) mass is 292 g/mol. The fraction of sp³-hybridized carbons (Fsp3) is 0.529. The fourth-order valence-corrected chi connectivity index (χ4v) is 1.67. The summed E-state index contributed by atoms with van der Waals surface area (Å²) in [5.41, 5.74) is 1.61. The van der Waals surface area contributed by atoms with Crippen LogP contribution in [0.15, 0.2) is 18.2 Å². The highest BCUT2D eigenvalue weighted by Gasteiger charge is 2.09. The summed E-state index contributed by atoms with van der Waals surface area (Å²) in [5.74, 6) is 6.19. The molecule has 0 amide bonds. The number of hydrogen-bond donors (Lipinski definition) is 1. The van der Waals surface area contributed by atoms with Gasteiger partial charge in [-0.2, -0.15) is 0 Å². The molecule has 0 radical (unpaired) electrons. The van der Waals surface area contributed by atoms with Crippen LogP contribution in [0, 0.1) is 11.8 Å². The van der Waals surface area contributed by atoms with Gasteiger partial charge in [0.25, 0.3) is 0 Å². The van der Waals surface area contributed by atoms with Gasteiger partial charge in [0.1, 0.15) is 12.4 Å². The van der Waals surface area contributed by atoms with Gasteiger partial charge in [0.2, 0.25) is 0 Å². The van der Waals surface area contributed by atoms with Crippen LogP contribution in [0.2, 0.25) is 0 Å². The van der Waals surface area contributed by atoms with Crippen molar-refractivity contribution >= 4 is 0 Å². The molecule has 0 aliphatic heterocycles. The first-order valence-corrected chi connectivity index (χ1v) is 6.94. The summed E-state index contributed by atoms with van der Waals surface area (Å²) >= 11 is 0. The van der Waals surface area contributed by atoms with E-state index >= 15 is 0 Å².